The zero-order valence-electron chi connectivity index (χ0n) is 23.6. The maximum atomic E-state index is 13.5. The van der Waals surface area contributed by atoms with Gasteiger partial charge >= 0.3 is 0 Å². The Morgan fingerprint density at radius 1 is 0.974 bits per heavy atom. The normalized spacial score (nSPS) is 32.4. The van der Waals surface area contributed by atoms with E-state index in [-0.39, 0.29) is 17.9 Å². The molecular formula is C35H45N3O. The number of rotatable bonds is 7. The molecular weight excluding hydrogens is 478 g/mol. The van der Waals surface area contributed by atoms with Crippen LogP contribution in [0.25, 0.3) is 10.9 Å². The van der Waals surface area contributed by atoms with Crippen LogP contribution in [0.1, 0.15) is 93.2 Å². The van der Waals surface area contributed by atoms with Crippen molar-refractivity contribution in [3.8, 4) is 0 Å². The van der Waals surface area contributed by atoms with E-state index in [1.807, 2.05) is 0 Å². The second-order valence-corrected chi connectivity index (χ2v) is 14.0. The summed E-state index contributed by atoms with van der Waals surface area (Å²) in [4.78, 5) is 13.5. The van der Waals surface area contributed by atoms with Crippen molar-refractivity contribution < 1.29 is 4.79 Å². The van der Waals surface area contributed by atoms with Crippen LogP contribution in [-0.2, 0) is 11.3 Å². The van der Waals surface area contributed by atoms with Crippen LogP contribution in [0.3, 0.4) is 0 Å². The molecule has 1 heterocycles. The Labute approximate surface area is 233 Å². The molecule has 4 heteroatoms. The van der Waals surface area contributed by atoms with Crippen molar-refractivity contribution in [2.75, 3.05) is 0 Å². The number of para-hydroxylation sites is 1. The van der Waals surface area contributed by atoms with E-state index < -0.39 is 0 Å². The summed E-state index contributed by atoms with van der Waals surface area (Å²) < 4.78 is 2.58. The van der Waals surface area contributed by atoms with Gasteiger partial charge in [0.1, 0.15) is 0 Å². The molecule has 0 aliphatic heterocycles. The number of nitrogens with two attached hydrogens (primary N) is 1. The van der Waals surface area contributed by atoms with Crippen molar-refractivity contribution in [1.29, 1.82) is 0 Å². The first-order valence-electron chi connectivity index (χ1n) is 15.6. The lowest BCUT2D eigenvalue weighted by Crippen LogP contribution is -2.47. The lowest BCUT2D eigenvalue weighted by Gasteiger charge is -2.57. The van der Waals surface area contributed by atoms with Crippen molar-refractivity contribution in [2.45, 2.75) is 102 Å². The Balaban J connectivity index is 1.22. The molecule has 8 rings (SSSR count). The van der Waals surface area contributed by atoms with Crippen LogP contribution in [-0.4, -0.2) is 22.6 Å². The van der Waals surface area contributed by atoms with Crippen LogP contribution < -0.4 is 11.1 Å². The molecule has 1 amide bonds. The van der Waals surface area contributed by atoms with Crippen LogP contribution in [0, 0.1) is 30.1 Å². The lowest BCUT2D eigenvalue weighted by atomic mass is 9.49. The molecule has 39 heavy (non-hydrogen) atoms. The lowest BCUT2D eigenvalue weighted by molar-refractivity contribution is -0.122. The molecule has 1 unspecified atom stereocenters. The fourth-order valence-electron chi connectivity index (χ4n) is 9.56. The van der Waals surface area contributed by atoms with E-state index in [9.17, 15) is 4.79 Å². The Morgan fingerprint density at radius 2 is 1.67 bits per heavy atom. The van der Waals surface area contributed by atoms with E-state index in [1.165, 1.54) is 66.1 Å². The molecule has 4 bridgehead atoms. The third-order valence-corrected chi connectivity index (χ3v) is 10.8. The largest absolute Gasteiger partial charge is 0.353 e. The highest BCUT2D eigenvalue weighted by atomic mass is 16.1. The van der Waals surface area contributed by atoms with E-state index in [0.29, 0.717) is 17.9 Å². The fraction of sp³-hybridized carbons (Fsp3) is 0.571. The number of carbonyl (C=O) groups excluding carboxylic acids is 1. The molecule has 0 spiro atoms. The van der Waals surface area contributed by atoms with Gasteiger partial charge in [-0.15, -0.1) is 0 Å². The number of hydrogen-bond donors (Lipinski definition) is 2. The summed E-state index contributed by atoms with van der Waals surface area (Å²) in [5.41, 5.74) is 11.7. The van der Waals surface area contributed by atoms with E-state index in [4.69, 9.17) is 5.73 Å². The van der Waals surface area contributed by atoms with Gasteiger partial charge in [0.15, 0.2) is 0 Å². The zero-order chi connectivity index (χ0) is 26.6. The maximum absolute atomic E-state index is 13.5. The number of aryl methyl sites for hydroxylation is 1. The smallest absolute Gasteiger partial charge is 0.221 e. The summed E-state index contributed by atoms with van der Waals surface area (Å²) in [6, 6.07) is 18.3. The van der Waals surface area contributed by atoms with Gasteiger partial charge in [0.05, 0.1) is 0 Å². The molecule has 5 aliphatic rings. The second-order valence-electron chi connectivity index (χ2n) is 14.0. The van der Waals surface area contributed by atoms with Gasteiger partial charge in [-0.3, -0.25) is 4.79 Å². The van der Waals surface area contributed by atoms with Gasteiger partial charge in [-0.2, -0.15) is 0 Å². The summed E-state index contributed by atoms with van der Waals surface area (Å²) >= 11 is 0. The van der Waals surface area contributed by atoms with Crippen molar-refractivity contribution >= 4 is 16.8 Å². The first-order valence-corrected chi connectivity index (χ1v) is 15.6. The second kappa shape index (κ2) is 10.1. The van der Waals surface area contributed by atoms with E-state index in [1.54, 1.807) is 0 Å². The van der Waals surface area contributed by atoms with Crippen molar-refractivity contribution in [3.63, 3.8) is 0 Å². The topological polar surface area (TPSA) is 60.1 Å². The maximum Gasteiger partial charge on any atom is 0.221 e. The number of hydrogen-bond acceptors (Lipinski definition) is 2. The molecule has 4 nitrogen and oxygen atoms in total. The minimum absolute atomic E-state index is 0.0401. The van der Waals surface area contributed by atoms with Crippen LogP contribution in [0.2, 0.25) is 0 Å². The minimum Gasteiger partial charge on any atom is -0.353 e. The van der Waals surface area contributed by atoms with Gasteiger partial charge in [-0.05, 0) is 111 Å². The number of amides is 1. The number of carbonyl (C=O) groups is 1. The number of fused-ring (bicyclic) bond motifs is 1. The number of nitrogens with one attached hydrogen (secondary N) is 1. The molecule has 5 fully saturated rings. The van der Waals surface area contributed by atoms with Gasteiger partial charge in [-0.1, -0.05) is 48.0 Å². The van der Waals surface area contributed by atoms with E-state index in [2.05, 4.69) is 71.5 Å². The average molecular weight is 524 g/mol. The fourth-order valence-corrected chi connectivity index (χ4v) is 9.56. The molecule has 1 aromatic heterocycles. The SMILES string of the molecule is Cc1cccc(C(CC(=O)N[C@H]2CC[C@H](N)CC2)c2cn(CC34CC5CC(CC(C5)C3)C4)c3ccccc23)c1. The summed E-state index contributed by atoms with van der Waals surface area (Å²) in [7, 11) is 0. The Bertz CT molecular complexity index is 1310. The van der Waals surface area contributed by atoms with Crippen LogP contribution in [0.5, 0.6) is 0 Å². The highest BCUT2D eigenvalue weighted by molar-refractivity contribution is 5.86. The van der Waals surface area contributed by atoms with Gasteiger partial charge in [0.2, 0.25) is 5.91 Å². The van der Waals surface area contributed by atoms with Gasteiger partial charge in [0.25, 0.3) is 0 Å². The van der Waals surface area contributed by atoms with E-state index >= 15 is 0 Å². The summed E-state index contributed by atoms with van der Waals surface area (Å²) in [5.74, 6) is 3.07. The van der Waals surface area contributed by atoms with Crippen LogP contribution >= 0.6 is 0 Å². The molecule has 1 atom stereocenters. The minimum atomic E-state index is 0.0401. The first kappa shape index (κ1) is 25.4. The summed E-state index contributed by atoms with van der Waals surface area (Å²) in [5, 5.41) is 4.69. The quantitative estimate of drug-likeness (QED) is 0.348. The van der Waals surface area contributed by atoms with Crippen LogP contribution in [0.15, 0.2) is 54.7 Å². The Kier molecular flexibility index (Phi) is 6.58. The predicted molar refractivity (Wildman–Crippen MR) is 159 cm³/mol. The zero-order valence-corrected chi connectivity index (χ0v) is 23.6. The van der Waals surface area contributed by atoms with E-state index in [0.717, 1.165) is 50.0 Å². The van der Waals surface area contributed by atoms with Gasteiger partial charge in [-0.25, -0.2) is 0 Å². The molecule has 2 aromatic carbocycles. The first-order chi connectivity index (χ1) is 18.9. The van der Waals surface area contributed by atoms with Gasteiger partial charge in [0, 0.05) is 48.1 Å². The molecule has 5 aliphatic carbocycles. The average Bonchev–Trinajstić information content (AvgIpc) is 3.25. The monoisotopic (exact) mass is 523 g/mol. The molecule has 0 radical (unpaired) electrons. The third kappa shape index (κ3) is 5.06. The van der Waals surface area contributed by atoms with Crippen molar-refractivity contribution in [1.82, 2.24) is 9.88 Å². The van der Waals surface area contributed by atoms with Gasteiger partial charge < -0.3 is 15.6 Å². The summed E-state index contributed by atoms with van der Waals surface area (Å²) in [6.07, 6.45) is 15.6. The molecule has 5 saturated carbocycles. The highest BCUT2D eigenvalue weighted by Crippen LogP contribution is 2.60. The Hall–Kier alpha value is -2.59. The molecule has 3 aromatic rings. The van der Waals surface area contributed by atoms with Crippen molar-refractivity contribution in [3.05, 3.63) is 71.4 Å². The number of aromatic nitrogens is 1. The number of benzene rings is 2. The summed E-state index contributed by atoms with van der Waals surface area (Å²) in [6.45, 7) is 3.29. The predicted octanol–water partition coefficient (Wildman–Crippen LogP) is 7.07. The van der Waals surface area contributed by atoms with Crippen LogP contribution in [0.4, 0.5) is 0 Å². The highest BCUT2D eigenvalue weighted by Gasteiger charge is 2.51. The van der Waals surface area contributed by atoms with Crippen molar-refractivity contribution in [2.24, 2.45) is 28.9 Å². The standard InChI is InChI=1S/C35H45N3O/c1-23-5-4-6-27(13-23)31(17-34(39)37-29-11-9-28(36)10-12-29)32-21-38(33-8-3-2-7-30(32)33)22-35-18-24-14-25(19-35)16-26(15-24)20-35/h2-8,13,21,24-26,28-29,31H,9-12,14-20,22,36H2,1H3,(H,37,39)/t24?,25?,26?,28-,29-,31?,35?. The Morgan fingerprint density at radius 3 is 2.36 bits per heavy atom. The number of nitrogens with zero attached hydrogens (tertiary/aromatic N) is 1. The third-order valence-electron chi connectivity index (χ3n) is 10.8. The molecule has 3 N–H and O–H groups in total. The molecule has 206 valence electrons. The molecule has 0 saturated heterocycles.